The van der Waals surface area contributed by atoms with Crippen molar-refractivity contribution < 1.29 is 50.3 Å². The van der Waals surface area contributed by atoms with Crippen LogP contribution in [0.4, 0.5) is 26.3 Å². The van der Waals surface area contributed by atoms with E-state index >= 15 is 0 Å². The first-order chi connectivity index (χ1) is 21.4. The van der Waals surface area contributed by atoms with Gasteiger partial charge in [-0.3, -0.25) is 24.0 Å². The summed E-state index contributed by atoms with van der Waals surface area (Å²) in [5, 5.41) is 6.59. The molecule has 252 valence electrons. The first-order valence-corrected chi connectivity index (χ1v) is 15.5. The molecule has 0 saturated carbocycles. The number of piperidine rings is 1. The Balaban J connectivity index is 1.64. The molecule has 2 aromatic rings. The minimum atomic E-state index is -5.25. The lowest BCUT2D eigenvalue weighted by atomic mass is 9.89. The summed E-state index contributed by atoms with van der Waals surface area (Å²) in [7, 11) is 0. The molecule has 0 aliphatic carbocycles. The molecule has 3 heterocycles. The number of halogens is 6. The highest BCUT2D eigenvalue weighted by molar-refractivity contribution is 7.20. The molecule has 5 atom stereocenters. The lowest BCUT2D eigenvalue weighted by Crippen LogP contribution is -2.61. The summed E-state index contributed by atoms with van der Waals surface area (Å²) in [5.41, 5.74) is -1.48. The van der Waals surface area contributed by atoms with E-state index in [9.17, 15) is 50.3 Å². The van der Waals surface area contributed by atoms with Gasteiger partial charge in [0.25, 0.3) is 0 Å². The van der Waals surface area contributed by atoms with Gasteiger partial charge in [0.05, 0.1) is 21.8 Å². The number of aromatic nitrogens is 1. The molecule has 2 aliphatic heterocycles. The van der Waals surface area contributed by atoms with Gasteiger partial charge in [0.2, 0.25) is 23.5 Å². The molecule has 3 N–H and O–H groups in total. The van der Waals surface area contributed by atoms with Crippen molar-refractivity contribution in [2.24, 2.45) is 17.8 Å². The quantitative estimate of drug-likeness (QED) is 0.273. The highest BCUT2D eigenvalue weighted by atomic mass is 32.1. The molecule has 46 heavy (non-hydrogen) atoms. The zero-order valence-electron chi connectivity index (χ0n) is 25.1. The van der Waals surface area contributed by atoms with Crippen molar-refractivity contribution in [2.75, 3.05) is 13.1 Å². The second-order valence-electron chi connectivity index (χ2n) is 12.0. The van der Waals surface area contributed by atoms with Crippen molar-refractivity contribution in [3.05, 3.63) is 28.8 Å². The van der Waals surface area contributed by atoms with Crippen molar-refractivity contribution in [1.29, 1.82) is 0 Å². The van der Waals surface area contributed by atoms with Gasteiger partial charge in [-0.15, -0.1) is 11.3 Å². The van der Waals surface area contributed by atoms with Crippen molar-refractivity contribution in [3.8, 4) is 0 Å². The number of Topliss-reactive ketones (excluding diaryl/α,β-unsaturated/α-hetero) is 1. The lowest BCUT2D eigenvalue weighted by Gasteiger charge is -2.40. The van der Waals surface area contributed by atoms with Gasteiger partial charge in [-0.05, 0) is 49.7 Å². The fourth-order valence-electron chi connectivity index (χ4n) is 5.65. The van der Waals surface area contributed by atoms with Gasteiger partial charge >= 0.3 is 18.3 Å². The van der Waals surface area contributed by atoms with Crippen LogP contribution in [0.2, 0.25) is 0 Å². The first kappa shape index (κ1) is 35.1. The molecule has 0 radical (unpaired) electrons. The number of para-hydroxylation sites is 1. The number of amides is 4. The monoisotopic (exact) mass is 677 g/mol. The van der Waals surface area contributed by atoms with E-state index in [2.05, 4.69) is 15.6 Å². The Bertz CT molecular complexity index is 1510. The SMILES string of the molecule is CC(C)[C@H](NC(=O)C(F)(F)F)C(=O)N1CC[C@@H](C)C[C@H]1C(=O)N[C@@H](C[C@@H]1CCNC1=O)C(=O)c1nc2c(C(F)(F)F)cccc2s1. The Morgan fingerprint density at radius 1 is 1.09 bits per heavy atom. The summed E-state index contributed by atoms with van der Waals surface area (Å²) in [6, 6.07) is -0.904. The van der Waals surface area contributed by atoms with Crippen LogP contribution in [0.3, 0.4) is 0 Å². The maximum Gasteiger partial charge on any atom is 0.471 e. The third-order valence-electron chi connectivity index (χ3n) is 8.18. The molecule has 4 rings (SSSR count). The third kappa shape index (κ3) is 7.78. The molecule has 0 spiro atoms. The van der Waals surface area contributed by atoms with E-state index in [-0.39, 0.29) is 40.9 Å². The number of nitrogens with zero attached hydrogens (tertiary/aromatic N) is 2. The number of hydrogen-bond acceptors (Lipinski definition) is 7. The number of carbonyl (C=O) groups excluding carboxylic acids is 5. The Morgan fingerprint density at radius 3 is 2.37 bits per heavy atom. The average molecular weight is 678 g/mol. The van der Waals surface area contributed by atoms with Crippen molar-refractivity contribution in [1.82, 2.24) is 25.8 Å². The summed E-state index contributed by atoms with van der Waals surface area (Å²) >= 11 is 0.697. The molecule has 1 aromatic carbocycles. The summed E-state index contributed by atoms with van der Waals surface area (Å²) in [5.74, 6) is -6.86. The first-order valence-electron chi connectivity index (χ1n) is 14.7. The van der Waals surface area contributed by atoms with Gasteiger partial charge in [-0.2, -0.15) is 26.3 Å². The summed E-state index contributed by atoms with van der Waals surface area (Å²) in [4.78, 5) is 70.2. The zero-order valence-corrected chi connectivity index (χ0v) is 25.9. The normalized spacial score (nSPS) is 22.0. The maximum absolute atomic E-state index is 13.8. The van der Waals surface area contributed by atoms with E-state index in [1.165, 1.54) is 26.0 Å². The summed E-state index contributed by atoms with van der Waals surface area (Å²) in [6.45, 7) is 4.97. The molecule has 2 saturated heterocycles. The number of hydrogen-bond donors (Lipinski definition) is 3. The number of rotatable bonds is 9. The lowest BCUT2D eigenvalue weighted by molar-refractivity contribution is -0.175. The van der Waals surface area contributed by atoms with E-state index in [0.717, 1.165) is 11.0 Å². The number of alkyl halides is 6. The number of likely N-dealkylation sites (tertiary alicyclic amines) is 1. The molecular weight excluding hydrogens is 644 g/mol. The summed E-state index contributed by atoms with van der Waals surface area (Å²) in [6.07, 6.45) is -9.38. The van der Waals surface area contributed by atoms with E-state index in [4.69, 9.17) is 0 Å². The van der Waals surface area contributed by atoms with Gasteiger partial charge in [-0.25, -0.2) is 4.98 Å². The molecule has 1 aromatic heterocycles. The minimum Gasteiger partial charge on any atom is -0.356 e. The number of benzene rings is 1. The van der Waals surface area contributed by atoms with Crippen molar-refractivity contribution >= 4 is 51.0 Å². The van der Waals surface area contributed by atoms with Crippen LogP contribution in [-0.4, -0.2) is 76.7 Å². The molecule has 4 amide bonds. The van der Waals surface area contributed by atoms with E-state index in [0.29, 0.717) is 30.7 Å². The minimum absolute atomic E-state index is 0.0229. The fourth-order valence-corrected chi connectivity index (χ4v) is 6.64. The number of ketones is 1. The molecule has 2 aliphatic rings. The fraction of sp³-hybridized carbons (Fsp3) is 0.586. The van der Waals surface area contributed by atoms with E-state index in [1.54, 1.807) is 12.2 Å². The Kier molecular flexibility index (Phi) is 10.3. The highest BCUT2D eigenvalue weighted by Crippen LogP contribution is 2.37. The smallest absolute Gasteiger partial charge is 0.356 e. The second-order valence-corrected chi connectivity index (χ2v) is 13.0. The van der Waals surface area contributed by atoms with Crippen molar-refractivity contribution in [3.63, 3.8) is 0 Å². The van der Waals surface area contributed by atoms with Gasteiger partial charge < -0.3 is 20.9 Å². The van der Waals surface area contributed by atoms with Gasteiger partial charge in [0.1, 0.15) is 12.1 Å². The number of carbonyl (C=O) groups is 5. The van der Waals surface area contributed by atoms with Crippen molar-refractivity contribution in [2.45, 2.75) is 76.9 Å². The molecule has 0 unspecified atom stereocenters. The molecule has 17 heteroatoms. The Morgan fingerprint density at radius 2 is 1.78 bits per heavy atom. The van der Waals surface area contributed by atoms with Crippen LogP contribution in [0.15, 0.2) is 18.2 Å². The topological polar surface area (TPSA) is 138 Å². The van der Waals surface area contributed by atoms with Crippen LogP contribution in [0.5, 0.6) is 0 Å². The van der Waals surface area contributed by atoms with Gasteiger partial charge in [0, 0.05) is 19.0 Å². The van der Waals surface area contributed by atoms with Crippen LogP contribution in [0, 0.1) is 17.8 Å². The molecule has 10 nitrogen and oxygen atoms in total. The maximum atomic E-state index is 13.8. The number of nitrogens with one attached hydrogen (secondary N) is 3. The Hall–Kier alpha value is -3.76. The Labute approximate surface area is 263 Å². The number of fused-ring (bicyclic) bond motifs is 1. The van der Waals surface area contributed by atoms with Gasteiger partial charge in [0.15, 0.2) is 5.01 Å². The predicted molar refractivity (Wildman–Crippen MR) is 153 cm³/mol. The third-order valence-corrected chi connectivity index (χ3v) is 9.21. The van der Waals surface area contributed by atoms with Crippen LogP contribution < -0.4 is 16.0 Å². The van der Waals surface area contributed by atoms with Crippen LogP contribution in [-0.2, 0) is 25.4 Å². The number of thiazole rings is 1. The predicted octanol–water partition coefficient (Wildman–Crippen LogP) is 3.84. The standard InChI is InChI=1S/C29H33F6N5O5S/c1-13(2)20(39-27(45)29(33,34)35)26(44)40-10-8-14(3)11-18(40)24(43)37-17(12-15-7-9-36-23(15)42)22(41)25-38-21-16(28(30,31)32)5-4-6-19(21)46-25/h4-6,13-15,17-18,20H,7-12H2,1-3H3,(H,36,42)(H,37,43)(H,39,45)/t14-,15+,17+,18+,20+/m1/s1. The molecule has 2 fully saturated rings. The van der Waals surface area contributed by atoms with Crippen LogP contribution >= 0.6 is 11.3 Å². The van der Waals surface area contributed by atoms with Crippen LogP contribution in [0.25, 0.3) is 10.2 Å². The van der Waals surface area contributed by atoms with E-state index in [1.807, 2.05) is 0 Å². The highest BCUT2D eigenvalue weighted by Gasteiger charge is 2.45. The van der Waals surface area contributed by atoms with Gasteiger partial charge in [-0.1, -0.05) is 26.8 Å². The largest absolute Gasteiger partial charge is 0.471 e. The second kappa shape index (κ2) is 13.5. The summed E-state index contributed by atoms with van der Waals surface area (Å²) < 4.78 is 80.0. The molecule has 0 bridgehead atoms. The molecular formula is C29H33F6N5O5S. The van der Waals surface area contributed by atoms with E-state index < -0.39 is 76.9 Å². The van der Waals surface area contributed by atoms with Crippen LogP contribution in [0.1, 0.15) is 61.8 Å². The average Bonchev–Trinajstić information content (AvgIpc) is 3.59. The zero-order chi connectivity index (χ0) is 34.1.